The number of primary amides is 1. The molecule has 0 aliphatic rings. The molecular formula is C79H138N24O27. The van der Waals surface area contributed by atoms with Crippen molar-refractivity contribution >= 4 is 136 Å². The summed E-state index contributed by atoms with van der Waals surface area (Å²) in [5.41, 5.74) is 33.3. The minimum absolute atomic E-state index is 0.00350. The second-order valence-corrected chi connectivity index (χ2v) is 32.3. The number of rotatable bonds is 69. The SMILES string of the molecule is CC[C@H](C)[C@H](NC(=O)[C@H](CCCCN)NC(=O)[C@H](CCC(=O)O)NC(=O)[C@H](CC(C)C)NC(=O)[C@H](CCC(=O)O)NC(=O)[C@H](CCCNC(=N)N)NC(=O)[C@@H](N)CC(N)=O)C(=O)N[C@H](C(=O)N[C@@H](C)C(=O)N[C@@H](CCC(=O)O)C(=O)N[C@@H](CCCCN)C(=O)N[C@@H](CCC(=O)O)C(=O)N[C@@H](CCC(=O)O)C(=O)N[C@@H](CCCNC(=N)N)C(=O)N[C@H](C(=O)O)C(C)C)[C@@H](C)CC. The van der Waals surface area contributed by atoms with Crippen LogP contribution in [0.25, 0.3) is 0 Å². The highest BCUT2D eigenvalue weighted by molar-refractivity contribution is 6.01. The molecule has 51 heteroatoms. The third kappa shape index (κ3) is 48.5. The minimum Gasteiger partial charge on any atom is -0.481 e. The Morgan fingerprint density at radius 2 is 0.546 bits per heavy atom. The molecule has 0 saturated carbocycles. The van der Waals surface area contributed by atoms with E-state index in [0.29, 0.717) is 0 Å². The summed E-state index contributed by atoms with van der Waals surface area (Å²) in [6.45, 7) is 13.9. The van der Waals surface area contributed by atoms with Gasteiger partial charge in [0.05, 0.1) is 12.5 Å². The fourth-order valence-corrected chi connectivity index (χ4v) is 12.6. The molecule has 51 nitrogen and oxygen atoms in total. The molecule has 0 aromatic carbocycles. The van der Waals surface area contributed by atoms with Crippen LogP contribution in [0.3, 0.4) is 0 Å². The molecule has 0 aliphatic carbocycles. The highest BCUT2D eigenvalue weighted by Crippen LogP contribution is 2.18. The van der Waals surface area contributed by atoms with Gasteiger partial charge in [0.15, 0.2) is 11.9 Å². The molecule has 15 amide bonds. The number of carboxylic acid groups (broad SMARTS) is 6. The quantitative estimate of drug-likeness (QED) is 0.0153. The van der Waals surface area contributed by atoms with Crippen LogP contribution in [0.2, 0.25) is 0 Å². The average molecular weight is 1860 g/mol. The first-order chi connectivity index (χ1) is 60.8. The Balaban J connectivity index is 7.39. The van der Waals surface area contributed by atoms with Crippen molar-refractivity contribution in [1.82, 2.24) is 85.1 Å². The molecule has 0 unspecified atom stereocenters. The Hall–Kier alpha value is -12.7. The molecule has 130 heavy (non-hydrogen) atoms. The fraction of sp³-hybridized carbons (Fsp3) is 0.709. The van der Waals surface area contributed by atoms with Crippen LogP contribution in [0.5, 0.6) is 0 Å². The normalized spacial score (nSPS) is 15.0. The van der Waals surface area contributed by atoms with Crippen molar-refractivity contribution in [1.29, 1.82) is 10.8 Å². The van der Waals surface area contributed by atoms with Gasteiger partial charge in [0.2, 0.25) is 88.6 Å². The number of guanidine groups is 2. The summed E-state index contributed by atoms with van der Waals surface area (Å²) < 4.78 is 0. The highest BCUT2D eigenvalue weighted by atomic mass is 16.4. The number of hydrogen-bond acceptors (Lipinski definition) is 26. The van der Waals surface area contributed by atoms with E-state index in [1.165, 1.54) is 13.8 Å². The largest absolute Gasteiger partial charge is 0.481 e. The first-order valence-electron chi connectivity index (χ1n) is 43.0. The molecule has 0 radical (unpaired) electrons. The summed E-state index contributed by atoms with van der Waals surface area (Å²) >= 11 is 0. The van der Waals surface area contributed by atoms with Crippen molar-refractivity contribution in [3.05, 3.63) is 0 Å². The van der Waals surface area contributed by atoms with E-state index in [4.69, 9.17) is 45.2 Å². The number of carbonyl (C=O) groups excluding carboxylic acids is 15. The molecule has 0 spiro atoms. The Labute approximate surface area is 752 Å². The van der Waals surface area contributed by atoms with Crippen LogP contribution in [-0.4, -0.2) is 284 Å². The second-order valence-electron chi connectivity index (χ2n) is 32.3. The van der Waals surface area contributed by atoms with E-state index in [1.807, 2.05) is 0 Å². The molecule has 0 aromatic rings. The standard InChI is InChI=1S/C79H138N24O27/c1-10-40(7)61(75(127)90-42(9)63(115)91-48(22-27-55(105)106)67(119)93-44(18-12-14-32-80)65(117)96-50(24-29-57(109)110)70(122)98-49(23-28-56(107)108)68(120)95-47(21-17-35-89-79(86)87)72(124)101-60(39(5)6)77(129)130)103-76(128)62(41(8)11-2)102-73(125)45(19-13-15-33-81)94-69(121)51(25-30-58(111)112)99-74(126)53(36-38(3)4)100-71(123)52(26-31-59(113)114)97-66(118)46(20-16-34-88-78(84)85)92-64(116)43(82)37-54(83)104/h38-53,60-62H,10-37,80-82H2,1-9H3,(H2,83,104)(H,90,127)(H,91,115)(H,92,116)(H,93,119)(H,94,121)(H,95,120)(H,96,117)(H,97,118)(H,98,122)(H,99,126)(H,100,123)(H,101,124)(H,102,125)(H,103,128)(H,105,106)(H,107,108)(H,109,110)(H,111,112)(H,113,114)(H,129,130)(H4,84,85,88)(H4,86,87,89)/t40-,41-,42-,43-,44-,45-,46-,47-,48-,49-,50-,51-,52-,53-,60-,61-,62-/m0/s1. The Kier molecular flexibility index (Phi) is 56.4. The van der Waals surface area contributed by atoms with Gasteiger partial charge >= 0.3 is 35.8 Å². The first kappa shape index (κ1) is 117. The Bertz CT molecular complexity index is 3860. The van der Waals surface area contributed by atoms with Gasteiger partial charge in [-0.2, -0.15) is 0 Å². The summed E-state index contributed by atoms with van der Waals surface area (Å²) in [5.74, 6) is -28.8. The number of hydrogen-bond donors (Lipinski definition) is 30. The summed E-state index contributed by atoms with van der Waals surface area (Å²) in [7, 11) is 0. The van der Waals surface area contributed by atoms with Crippen molar-refractivity contribution in [3.8, 4) is 0 Å². The number of carboxylic acids is 6. The predicted molar refractivity (Wildman–Crippen MR) is 464 cm³/mol. The van der Waals surface area contributed by atoms with Crippen LogP contribution in [0.4, 0.5) is 0 Å². The van der Waals surface area contributed by atoms with E-state index in [1.54, 1.807) is 41.5 Å². The molecule has 0 heterocycles. The number of nitrogens with two attached hydrogens (primary N) is 6. The number of carbonyl (C=O) groups is 21. The smallest absolute Gasteiger partial charge is 0.326 e. The van der Waals surface area contributed by atoms with Gasteiger partial charge < -0.3 is 150 Å². The number of amides is 15. The van der Waals surface area contributed by atoms with Crippen molar-refractivity contribution < 1.29 is 131 Å². The molecule has 0 bridgehead atoms. The van der Waals surface area contributed by atoms with Crippen molar-refractivity contribution in [2.75, 3.05) is 26.2 Å². The molecule has 0 rings (SSSR count). The molecular weight excluding hydrogens is 1720 g/mol. The molecule has 0 fully saturated rings. The van der Waals surface area contributed by atoms with Crippen LogP contribution >= 0.6 is 0 Å². The summed E-state index contributed by atoms with van der Waals surface area (Å²) in [6, 6.07) is -24.8. The lowest BCUT2D eigenvalue weighted by molar-refractivity contribution is -0.144. The molecule has 17 atom stereocenters. The first-order valence-corrected chi connectivity index (χ1v) is 43.0. The van der Waals surface area contributed by atoms with Crippen LogP contribution in [-0.2, 0) is 101 Å². The predicted octanol–water partition coefficient (Wildman–Crippen LogP) is -7.02. The minimum atomic E-state index is -1.91. The van der Waals surface area contributed by atoms with Crippen molar-refractivity contribution in [2.24, 2.45) is 58.1 Å². The lowest BCUT2D eigenvalue weighted by Gasteiger charge is -2.31. The van der Waals surface area contributed by atoms with Gasteiger partial charge in [0.25, 0.3) is 0 Å². The van der Waals surface area contributed by atoms with Gasteiger partial charge in [-0.05, 0) is 146 Å². The fourth-order valence-electron chi connectivity index (χ4n) is 12.6. The van der Waals surface area contributed by atoms with E-state index in [-0.39, 0.29) is 110 Å². The van der Waals surface area contributed by atoms with Crippen LogP contribution in [0, 0.1) is 34.5 Å². The maximum absolute atomic E-state index is 14.7. The van der Waals surface area contributed by atoms with E-state index in [2.05, 4.69) is 85.1 Å². The average Bonchev–Trinajstić information content (AvgIpc) is 0.846. The lowest BCUT2D eigenvalue weighted by atomic mass is 9.94. The topological polar surface area (TPSA) is 876 Å². The van der Waals surface area contributed by atoms with Gasteiger partial charge in [0.1, 0.15) is 84.6 Å². The maximum atomic E-state index is 14.7. The van der Waals surface area contributed by atoms with Gasteiger partial charge in [-0.25, -0.2) is 4.79 Å². The molecule has 36 N–H and O–H groups in total. The van der Waals surface area contributed by atoms with E-state index < -0.39 is 321 Å². The molecule has 0 aliphatic heterocycles. The zero-order valence-corrected chi connectivity index (χ0v) is 75.0. The monoisotopic (exact) mass is 1860 g/mol. The molecule has 736 valence electrons. The highest BCUT2D eigenvalue weighted by Gasteiger charge is 2.41. The van der Waals surface area contributed by atoms with Crippen LogP contribution < -0.4 is 119 Å². The van der Waals surface area contributed by atoms with Crippen molar-refractivity contribution in [3.63, 3.8) is 0 Å². The summed E-state index contributed by atoms with van der Waals surface area (Å²) in [6.07, 6.45) is -7.97. The zero-order chi connectivity index (χ0) is 99.4. The number of aliphatic carboxylic acids is 6. The molecule has 0 aromatic heterocycles. The Morgan fingerprint density at radius 1 is 0.300 bits per heavy atom. The van der Waals surface area contributed by atoms with Gasteiger partial charge in [-0.3, -0.25) is 107 Å². The van der Waals surface area contributed by atoms with E-state index in [9.17, 15) is 131 Å². The summed E-state index contributed by atoms with van der Waals surface area (Å²) in [5, 5.41) is 112. The van der Waals surface area contributed by atoms with Gasteiger partial charge in [-0.1, -0.05) is 68.2 Å². The number of unbranched alkanes of at least 4 members (excludes halogenated alkanes) is 2. The lowest BCUT2D eigenvalue weighted by Crippen LogP contribution is -2.62. The van der Waals surface area contributed by atoms with E-state index >= 15 is 0 Å². The maximum Gasteiger partial charge on any atom is 0.326 e. The third-order valence-corrected chi connectivity index (χ3v) is 20.5. The number of nitrogens with one attached hydrogen (secondary N) is 18. The van der Waals surface area contributed by atoms with Crippen LogP contribution in [0.1, 0.15) is 216 Å². The van der Waals surface area contributed by atoms with Crippen LogP contribution in [0.15, 0.2) is 0 Å². The third-order valence-electron chi connectivity index (χ3n) is 20.5. The second kappa shape index (κ2) is 62.5. The zero-order valence-electron chi connectivity index (χ0n) is 75.0. The van der Waals surface area contributed by atoms with Crippen molar-refractivity contribution in [2.45, 2.75) is 307 Å². The van der Waals surface area contributed by atoms with Gasteiger partial charge in [0, 0.05) is 45.2 Å². The van der Waals surface area contributed by atoms with E-state index in [0.717, 1.165) is 6.92 Å². The van der Waals surface area contributed by atoms with Gasteiger partial charge in [-0.15, -0.1) is 0 Å². The Morgan fingerprint density at radius 3 is 0.808 bits per heavy atom. The summed E-state index contributed by atoms with van der Waals surface area (Å²) in [4.78, 5) is 283. The molecule has 0 saturated heterocycles.